The molecule has 0 amide bonds. The van der Waals surface area contributed by atoms with Crippen LogP contribution in [-0.4, -0.2) is 5.78 Å². The molecule has 0 aromatic rings. The summed E-state index contributed by atoms with van der Waals surface area (Å²) in [5, 5.41) is 0. The van der Waals surface area contributed by atoms with Crippen LogP contribution in [0.1, 0.15) is 45.4 Å². The molecule has 3 aliphatic carbocycles. The van der Waals surface area contributed by atoms with Gasteiger partial charge in [-0.25, -0.2) is 0 Å². The summed E-state index contributed by atoms with van der Waals surface area (Å²) in [5.41, 5.74) is 1.49. The van der Waals surface area contributed by atoms with Crippen molar-refractivity contribution in [3.05, 3.63) is 23.8 Å². The zero-order chi connectivity index (χ0) is 11.2. The molecule has 0 aromatic heterocycles. The highest BCUT2D eigenvalue weighted by atomic mass is 16.1. The fourth-order valence-electron chi connectivity index (χ4n) is 4.01. The van der Waals surface area contributed by atoms with Crippen LogP contribution in [0.4, 0.5) is 0 Å². The van der Waals surface area contributed by atoms with Crippen molar-refractivity contribution < 1.29 is 4.79 Å². The van der Waals surface area contributed by atoms with Crippen molar-refractivity contribution in [2.45, 2.75) is 45.4 Å². The summed E-state index contributed by atoms with van der Waals surface area (Å²) < 4.78 is 0. The first-order chi connectivity index (χ1) is 7.69. The van der Waals surface area contributed by atoms with Gasteiger partial charge in [0.25, 0.3) is 0 Å². The fraction of sp³-hybridized carbons (Fsp3) is 0.667. The van der Waals surface area contributed by atoms with Crippen molar-refractivity contribution in [3.63, 3.8) is 0 Å². The highest BCUT2D eigenvalue weighted by Crippen LogP contribution is 2.56. The molecule has 2 unspecified atom stereocenters. The molecule has 0 radical (unpaired) electrons. The van der Waals surface area contributed by atoms with E-state index >= 15 is 0 Å². The minimum Gasteiger partial charge on any atom is -0.295 e. The van der Waals surface area contributed by atoms with E-state index < -0.39 is 0 Å². The lowest BCUT2D eigenvalue weighted by atomic mass is 9.84. The summed E-state index contributed by atoms with van der Waals surface area (Å²) in [4.78, 5) is 11.4. The van der Waals surface area contributed by atoms with E-state index in [1.54, 1.807) is 6.92 Å². The molecule has 1 heteroatoms. The predicted octanol–water partition coefficient (Wildman–Crippen LogP) is 3.66. The smallest absolute Gasteiger partial charge is 0.155 e. The van der Waals surface area contributed by atoms with Crippen LogP contribution < -0.4 is 0 Å². The van der Waals surface area contributed by atoms with Crippen molar-refractivity contribution in [1.29, 1.82) is 0 Å². The van der Waals surface area contributed by atoms with E-state index in [1.807, 2.05) is 0 Å². The molecule has 3 rings (SSSR count). The van der Waals surface area contributed by atoms with Crippen LogP contribution in [-0.2, 0) is 4.79 Å². The lowest BCUT2D eigenvalue weighted by molar-refractivity contribution is -0.113. The third-order valence-electron chi connectivity index (χ3n) is 4.83. The Hall–Kier alpha value is -0.850. The monoisotopic (exact) mass is 216 g/mol. The van der Waals surface area contributed by atoms with Gasteiger partial charge < -0.3 is 0 Å². The maximum absolute atomic E-state index is 11.4. The van der Waals surface area contributed by atoms with Gasteiger partial charge in [0, 0.05) is 0 Å². The highest BCUT2D eigenvalue weighted by Gasteiger charge is 2.45. The summed E-state index contributed by atoms with van der Waals surface area (Å²) in [6.45, 7) is 1.72. The zero-order valence-corrected chi connectivity index (χ0v) is 10.0. The summed E-state index contributed by atoms with van der Waals surface area (Å²) in [7, 11) is 0. The summed E-state index contributed by atoms with van der Waals surface area (Å²) in [6, 6.07) is 0. The quantitative estimate of drug-likeness (QED) is 0.611. The van der Waals surface area contributed by atoms with Gasteiger partial charge in [0.05, 0.1) is 0 Å². The van der Waals surface area contributed by atoms with E-state index in [9.17, 15) is 4.79 Å². The highest BCUT2D eigenvalue weighted by molar-refractivity contribution is 5.93. The van der Waals surface area contributed by atoms with E-state index in [-0.39, 0.29) is 0 Å². The second-order valence-electron chi connectivity index (χ2n) is 5.93. The number of carbonyl (C=O) groups is 1. The minimum atomic E-state index is 0.294. The van der Waals surface area contributed by atoms with Crippen molar-refractivity contribution in [1.82, 2.24) is 0 Å². The zero-order valence-electron chi connectivity index (χ0n) is 10.0. The van der Waals surface area contributed by atoms with Gasteiger partial charge in [0.1, 0.15) is 0 Å². The lowest BCUT2D eigenvalue weighted by Crippen LogP contribution is -2.09. The average molecular weight is 216 g/mol. The van der Waals surface area contributed by atoms with Gasteiger partial charge in [0.15, 0.2) is 5.78 Å². The Balaban J connectivity index is 1.83. The predicted molar refractivity (Wildman–Crippen MR) is 65.0 cm³/mol. The third-order valence-corrected chi connectivity index (χ3v) is 4.83. The van der Waals surface area contributed by atoms with E-state index in [2.05, 4.69) is 18.2 Å². The van der Waals surface area contributed by atoms with Gasteiger partial charge in [-0.1, -0.05) is 18.2 Å². The van der Waals surface area contributed by atoms with Gasteiger partial charge in [0.2, 0.25) is 0 Å². The number of hydrogen-bond donors (Lipinski definition) is 0. The minimum absolute atomic E-state index is 0.294. The lowest BCUT2D eigenvalue weighted by Gasteiger charge is -2.20. The molecule has 0 aliphatic heterocycles. The van der Waals surface area contributed by atoms with Crippen LogP contribution in [0.3, 0.4) is 0 Å². The molecule has 0 bridgehead atoms. The molecule has 86 valence electrons. The van der Waals surface area contributed by atoms with E-state index in [0.29, 0.717) is 11.2 Å². The fourth-order valence-corrected chi connectivity index (χ4v) is 4.01. The first kappa shape index (κ1) is 10.3. The maximum Gasteiger partial charge on any atom is 0.155 e. The molecule has 0 saturated heterocycles. The van der Waals surface area contributed by atoms with Crippen LogP contribution in [0.25, 0.3) is 0 Å². The average Bonchev–Trinajstić information content (AvgIpc) is 2.82. The number of hydrogen-bond acceptors (Lipinski definition) is 1. The molecule has 3 atom stereocenters. The molecule has 16 heavy (non-hydrogen) atoms. The Morgan fingerprint density at radius 1 is 1.44 bits per heavy atom. The maximum atomic E-state index is 11.4. The van der Waals surface area contributed by atoms with E-state index in [0.717, 1.165) is 23.8 Å². The Morgan fingerprint density at radius 2 is 2.31 bits per heavy atom. The number of fused-ring (bicyclic) bond motifs is 1. The van der Waals surface area contributed by atoms with Crippen LogP contribution in [0.5, 0.6) is 0 Å². The van der Waals surface area contributed by atoms with Crippen LogP contribution in [0.15, 0.2) is 23.8 Å². The number of carbonyl (C=O) groups excluding carboxylic acids is 1. The molecule has 1 spiro atoms. The van der Waals surface area contributed by atoms with Gasteiger partial charge in [-0.05, 0) is 68.3 Å². The van der Waals surface area contributed by atoms with Crippen molar-refractivity contribution in [2.24, 2.45) is 17.3 Å². The second-order valence-corrected chi connectivity index (χ2v) is 5.93. The van der Waals surface area contributed by atoms with Gasteiger partial charge in [-0.2, -0.15) is 0 Å². The van der Waals surface area contributed by atoms with Crippen molar-refractivity contribution >= 4 is 5.78 Å². The van der Waals surface area contributed by atoms with E-state index in [4.69, 9.17) is 0 Å². The largest absolute Gasteiger partial charge is 0.295 e. The summed E-state index contributed by atoms with van der Waals surface area (Å²) >= 11 is 0. The van der Waals surface area contributed by atoms with Gasteiger partial charge in [-0.3, -0.25) is 4.79 Å². The molecular weight excluding hydrogens is 196 g/mol. The normalized spacial score (nSPS) is 41.2. The van der Waals surface area contributed by atoms with E-state index in [1.165, 1.54) is 32.1 Å². The van der Waals surface area contributed by atoms with Crippen molar-refractivity contribution in [3.8, 4) is 0 Å². The Bertz CT molecular complexity index is 377. The molecule has 1 nitrogen and oxygen atoms in total. The number of Topliss-reactive ketones (excluding diaryl/α,β-unsaturated/α-hetero) is 1. The standard InChI is InChI=1S/C15H20O/c1-11(16)12-6-7-15(8-12)9-13-4-2-3-5-14(13)10-15/h2,4,8,13-14H,3,5-7,9-10H2,1H3/t13?,14?,15-/m1/s1. The topological polar surface area (TPSA) is 17.1 Å². The molecule has 0 heterocycles. The van der Waals surface area contributed by atoms with Gasteiger partial charge >= 0.3 is 0 Å². The van der Waals surface area contributed by atoms with Crippen LogP contribution in [0, 0.1) is 17.3 Å². The SMILES string of the molecule is CC(=O)C1=C[C@]2(CC1)CC1C=CCCC1C2. The summed E-state index contributed by atoms with van der Waals surface area (Å²) in [6.07, 6.45) is 14.6. The molecule has 1 saturated carbocycles. The number of ketones is 1. The molecule has 1 fully saturated rings. The molecule has 3 aliphatic rings. The summed E-state index contributed by atoms with van der Waals surface area (Å²) in [5.74, 6) is 1.99. The first-order valence-electron chi connectivity index (χ1n) is 6.58. The first-order valence-corrected chi connectivity index (χ1v) is 6.58. The number of allylic oxidation sites excluding steroid dienone is 4. The Morgan fingerprint density at radius 3 is 3.00 bits per heavy atom. The van der Waals surface area contributed by atoms with Crippen LogP contribution in [0.2, 0.25) is 0 Å². The van der Waals surface area contributed by atoms with Crippen LogP contribution >= 0.6 is 0 Å². The van der Waals surface area contributed by atoms with Gasteiger partial charge in [-0.15, -0.1) is 0 Å². The Kier molecular flexibility index (Phi) is 2.31. The third kappa shape index (κ3) is 1.57. The molecular formula is C15H20O. The number of rotatable bonds is 1. The van der Waals surface area contributed by atoms with Crippen molar-refractivity contribution in [2.75, 3.05) is 0 Å². The second kappa shape index (κ2) is 3.58. The molecule has 0 aromatic carbocycles. The molecule has 0 N–H and O–H groups in total. The Labute approximate surface area is 97.6 Å².